The Hall–Kier alpha value is -0.620. The smallest absolute Gasteiger partial charge is 0.220 e. The second kappa shape index (κ2) is 7.85. The fourth-order valence-electron chi connectivity index (χ4n) is 1.47. The SMILES string of the molecule is CCC(CO)NC(=O)CCC(=O)c1cc(Cl)sc1Cl. The Labute approximate surface area is 125 Å². The number of ketones is 1. The zero-order valence-corrected chi connectivity index (χ0v) is 12.7. The van der Waals surface area contributed by atoms with E-state index in [0.29, 0.717) is 20.7 Å². The van der Waals surface area contributed by atoms with E-state index in [-0.39, 0.29) is 37.2 Å². The maximum atomic E-state index is 11.8. The van der Waals surface area contributed by atoms with Crippen LogP contribution in [0, 0.1) is 0 Å². The molecular weight excluding hydrogens is 309 g/mol. The van der Waals surface area contributed by atoms with Gasteiger partial charge in [-0.1, -0.05) is 30.1 Å². The highest BCUT2D eigenvalue weighted by atomic mass is 35.5. The Morgan fingerprint density at radius 2 is 2.11 bits per heavy atom. The summed E-state index contributed by atoms with van der Waals surface area (Å²) in [5.74, 6) is -0.466. The van der Waals surface area contributed by atoms with E-state index >= 15 is 0 Å². The fraction of sp³-hybridized carbons (Fsp3) is 0.500. The van der Waals surface area contributed by atoms with Gasteiger partial charge in [0.1, 0.15) is 4.34 Å². The first-order chi connectivity index (χ1) is 8.97. The number of Topliss-reactive ketones (excluding diaryl/α,β-unsaturated/α-hetero) is 1. The molecule has 4 nitrogen and oxygen atoms in total. The quantitative estimate of drug-likeness (QED) is 0.758. The molecule has 1 heterocycles. The molecule has 0 fully saturated rings. The van der Waals surface area contributed by atoms with Crippen molar-refractivity contribution in [1.82, 2.24) is 5.32 Å². The Morgan fingerprint density at radius 1 is 1.42 bits per heavy atom. The van der Waals surface area contributed by atoms with Crippen molar-refractivity contribution in [3.8, 4) is 0 Å². The van der Waals surface area contributed by atoms with Gasteiger partial charge in [0.25, 0.3) is 0 Å². The van der Waals surface area contributed by atoms with Gasteiger partial charge in [-0.25, -0.2) is 0 Å². The summed E-state index contributed by atoms with van der Waals surface area (Å²) in [6.45, 7) is 1.75. The van der Waals surface area contributed by atoms with Crippen LogP contribution >= 0.6 is 34.5 Å². The van der Waals surface area contributed by atoms with Gasteiger partial charge in [0.2, 0.25) is 5.91 Å². The van der Waals surface area contributed by atoms with Crippen LogP contribution in [0.3, 0.4) is 0 Å². The summed E-state index contributed by atoms with van der Waals surface area (Å²) < 4.78 is 0.793. The molecule has 1 atom stereocenters. The lowest BCUT2D eigenvalue weighted by molar-refractivity contribution is -0.122. The van der Waals surface area contributed by atoms with Crippen LogP contribution in [-0.4, -0.2) is 29.4 Å². The van der Waals surface area contributed by atoms with E-state index in [1.165, 1.54) is 6.07 Å². The Kier molecular flexibility index (Phi) is 6.79. The Balaban J connectivity index is 2.46. The molecule has 0 aromatic carbocycles. The standard InChI is InChI=1S/C12H15Cl2NO3S/c1-2-7(6-16)15-11(18)4-3-9(17)8-5-10(13)19-12(8)14/h5,7,16H,2-4,6H2,1H3,(H,15,18). The van der Waals surface area contributed by atoms with E-state index in [1.807, 2.05) is 6.92 Å². The first-order valence-electron chi connectivity index (χ1n) is 5.86. The zero-order chi connectivity index (χ0) is 14.4. The molecule has 1 amide bonds. The zero-order valence-electron chi connectivity index (χ0n) is 10.4. The highest BCUT2D eigenvalue weighted by Gasteiger charge is 2.16. The van der Waals surface area contributed by atoms with Crippen molar-refractivity contribution in [2.75, 3.05) is 6.61 Å². The van der Waals surface area contributed by atoms with Gasteiger partial charge >= 0.3 is 0 Å². The van der Waals surface area contributed by atoms with Gasteiger partial charge in [-0.05, 0) is 12.5 Å². The first-order valence-corrected chi connectivity index (χ1v) is 7.43. The van der Waals surface area contributed by atoms with E-state index < -0.39 is 0 Å². The number of aliphatic hydroxyl groups excluding tert-OH is 1. The number of hydrogen-bond acceptors (Lipinski definition) is 4. The molecular formula is C12H15Cl2NO3S. The Morgan fingerprint density at radius 3 is 2.58 bits per heavy atom. The Bertz CT molecular complexity index is 458. The molecule has 106 valence electrons. The van der Waals surface area contributed by atoms with Crippen LogP contribution in [-0.2, 0) is 4.79 Å². The van der Waals surface area contributed by atoms with Gasteiger partial charge in [-0.3, -0.25) is 9.59 Å². The van der Waals surface area contributed by atoms with E-state index in [0.717, 1.165) is 11.3 Å². The number of rotatable bonds is 7. The van der Waals surface area contributed by atoms with Crippen molar-refractivity contribution in [2.24, 2.45) is 0 Å². The maximum Gasteiger partial charge on any atom is 0.220 e. The average molecular weight is 324 g/mol. The summed E-state index contributed by atoms with van der Waals surface area (Å²) in [5, 5.41) is 11.6. The van der Waals surface area contributed by atoms with Crippen molar-refractivity contribution < 1.29 is 14.7 Å². The molecule has 0 saturated heterocycles. The summed E-state index contributed by atoms with van der Waals surface area (Å²) in [4.78, 5) is 23.4. The van der Waals surface area contributed by atoms with Gasteiger partial charge in [0.15, 0.2) is 5.78 Å². The van der Waals surface area contributed by atoms with Crippen LogP contribution in [0.15, 0.2) is 6.07 Å². The third-order valence-corrected chi connectivity index (χ3v) is 4.10. The summed E-state index contributed by atoms with van der Waals surface area (Å²) in [6, 6.07) is 1.25. The van der Waals surface area contributed by atoms with Gasteiger partial charge in [0, 0.05) is 18.4 Å². The number of aliphatic hydroxyl groups is 1. The molecule has 0 saturated carbocycles. The monoisotopic (exact) mass is 323 g/mol. The van der Waals surface area contributed by atoms with Crippen LogP contribution in [0.5, 0.6) is 0 Å². The third-order valence-electron chi connectivity index (χ3n) is 2.61. The molecule has 0 spiro atoms. The molecule has 0 radical (unpaired) electrons. The normalized spacial score (nSPS) is 12.2. The molecule has 0 aliphatic heterocycles. The highest BCUT2D eigenvalue weighted by Crippen LogP contribution is 2.32. The van der Waals surface area contributed by atoms with Gasteiger partial charge in [-0.15, -0.1) is 11.3 Å². The molecule has 0 aliphatic carbocycles. The molecule has 1 unspecified atom stereocenters. The van der Waals surface area contributed by atoms with Crippen molar-refractivity contribution in [3.63, 3.8) is 0 Å². The second-order valence-corrected chi connectivity index (χ2v) is 6.30. The largest absolute Gasteiger partial charge is 0.394 e. The van der Waals surface area contributed by atoms with Gasteiger partial charge < -0.3 is 10.4 Å². The molecule has 2 N–H and O–H groups in total. The van der Waals surface area contributed by atoms with Crippen LogP contribution in [0.2, 0.25) is 8.67 Å². The summed E-state index contributed by atoms with van der Waals surface area (Å²) in [5.41, 5.74) is 0.360. The van der Waals surface area contributed by atoms with E-state index in [9.17, 15) is 9.59 Å². The van der Waals surface area contributed by atoms with Crippen LogP contribution in [0.25, 0.3) is 0 Å². The lowest BCUT2D eigenvalue weighted by atomic mass is 10.1. The number of amides is 1. The van der Waals surface area contributed by atoms with Crippen molar-refractivity contribution in [2.45, 2.75) is 32.2 Å². The predicted molar refractivity (Wildman–Crippen MR) is 77.2 cm³/mol. The van der Waals surface area contributed by atoms with Gasteiger partial charge in [0.05, 0.1) is 17.0 Å². The van der Waals surface area contributed by atoms with Crippen LogP contribution in [0.1, 0.15) is 36.5 Å². The summed E-state index contributed by atoms with van der Waals surface area (Å²) >= 11 is 12.7. The maximum absolute atomic E-state index is 11.8. The highest BCUT2D eigenvalue weighted by molar-refractivity contribution is 7.20. The second-order valence-electron chi connectivity index (χ2n) is 4.02. The molecule has 1 aromatic rings. The average Bonchev–Trinajstić information content (AvgIpc) is 2.72. The lowest BCUT2D eigenvalue weighted by Gasteiger charge is -2.13. The number of carbonyl (C=O) groups is 2. The lowest BCUT2D eigenvalue weighted by Crippen LogP contribution is -2.37. The van der Waals surface area contributed by atoms with Crippen LogP contribution < -0.4 is 5.32 Å². The predicted octanol–water partition coefficient (Wildman–Crippen LogP) is 2.90. The minimum atomic E-state index is -0.262. The van der Waals surface area contributed by atoms with Crippen LogP contribution in [0.4, 0.5) is 0 Å². The van der Waals surface area contributed by atoms with Crippen molar-refractivity contribution in [1.29, 1.82) is 0 Å². The third kappa shape index (κ3) is 5.10. The minimum Gasteiger partial charge on any atom is -0.394 e. The molecule has 0 bridgehead atoms. The number of hydrogen-bond donors (Lipinski definition) is 2. The van der Waals surface area contributed by atoms with E-state index in [1.54, 1.807) is 0 Å². The van der Waals surface area contributed by atoms with Crippen molar-refractivity contribution >= 4 is 46.2 Å². The number of thiophene rings is 1. The number of nitrogens with one attached hydrogen (secondary N) is 1. The molecule has 1 rings (SSSR count). The molecule has 1 aromatic heterocycles. The van der Waals surface area contributed by atoms with E-state index in [2.05, 4.69) is 5.32 Å². The summed E-state index contributed by atoms with van der Waals surface area (Å²) in [6.07, 6.45) is 0.780. The summed E-state index contributed by atoms with van der Waals surface area (Å²) in [7, 11) is 0. The van der Waals surface area contributed by atoms with Crippen molar-refractivity contribution in [3.05, 3.63) is 20.3 Å². The fourth-order valence-corrected chi connectivity index (χ4v) is 2.97. The van der Waals surface area contributed by atoms with Gasteiger partial charge in [-0.2, -0.15) is 0 Å². The number of carbonyl (C=O) groups excluding carboxylic acids is 2. The first kappa shape index (κ1) is 16.4. The number of halogens is 2. The molecule has 7 heteroatoms. The van der Waals surface area contributed by atoms with E-state index in [4.69, 9.17) is 28.3 Å². The minimum absolute atomic E-state index is 0.0686. The molecule has 0 aliphatic rings. The molecule has 19 heavy (non-hydrogen) atoms. The topological polar surface area (TPSA) is 66.4 Å².